The molecule has 0 nitrogen and oxygen atoms in total. The van der Waals surface area contributed by atoms with Crippen LogP contribution in [0.25, 0.3) is 32.3 Å². The zero-order valence-electron chi connectivity index (χ0n) is 42.1. The molecule has 0 amide bonds. The van der Waals surface area contributed by atoms with Crippen molar-refractivity contribution >= 4 is 32.3 Å². The number of benzene rings is 9. The summed E-state index contributed by atoms with van der Waals surface area (Å²) in [5.74, 6) is 0. The van der Waals surface area contributed by atoms with Crippen molar-refractivity contribution in [2.45, 2.75) is 131 Å². The summed E-state index contributed by atoms with van der Waals surface area (Å²) >= 11 is 0. The molecule has 346 valence electrons. The molecule has 0 aliphatic heterocycles. The van der Waals surface area contributed by atoms with E-state index >= 15 is 0 Å². The summed E-state index contributed by atoms with van der Waals surface area (Å²) in [6, 6.07) is 61.3. The van der Waals surface area contributed by atoms with Crippen LogP contribution in [0.1, 0.15) is 116 Å². The van der Waals surface area contributed by atoms with E-state index in [2.05, 4.69) is 211 Å². The Hall–Kier alpha value is -6.24. The van der Waals surface area contributed by atoms with Crippen LogP contribution in [-0.4, -0.2) is 0 Å². The van der Waals surface area contributed by atoms with Gasteiger partial charge in [-0.25, -0.2) is 0 Å². The van der Waals surface area contributed by atoms with Gasteiger partial charge in [0.05, 0.1) is 0 Å². The van der Waals surface area contributed by atoms with Gasteiger partial charge in [-0.15, -0.1) is 0 Å². The van der Waals surface area contributed by atoms with Gasteiger partial charge in [0.2, 0.25) is 0 Å². The van der Waals surface area contributed by atoms with E-state index in [1.54, 1.807) is 44.5 Å². The van der Waals surface area contributed by atoms with Crippen LogP contribution in [0.2, 0.25) is 0 Å². The third kappa shape index (κ3) is 12.6. The third-order valence-electron chi connectivity index (χ3n) is 14.6. The fourth-order valence-electron chi connectivity index (χ4n) is 10.9. The maximum atomic E-state index is 2.34. The molecule has 9 aromatic rings. The van der Waals surface area contributed by atoms with Gasteiger partial charge in [0.15, 0.2) is 0 Å². The minimum atomic E-state index is 1.30. The molecule has 0 radical (unpaired) electrons. The molecule has 4 aliphatic rings. The lowest BCUT2D eigenvalue weighted by Gasteiger charge is -2.17. The van der Waals surface area contributed by atoms with Gasteiger partial charge in [-0.3, -0.25) is 0 Å². The number of fused-ring (bicyclic) bond motifs is 8. The predicted molar refractivity (Wildman–Crippen MR) is 297 cm³/mol. The van der Waals surface area contributed by atoms with Crippen molar-refractivity contribution < 1.29 is 0 Å². The highest BCUT2D eigenvalue weighted by Crippen LogP contribution is 2.29. The molecule has 0 bridgehead atoms. The SMILES string of the molecule is Cc1cc2ccccc2c2ccccc12.Cc1ccc2c(c1)CCC2.Cc1ccc2c(c1)CCCC2.Cc1ccc2ccccc2c1.Cc1cccc2c1CCC2.Cc1cccc2c1CCCC2. The van der Waals surface area contributed by atoms with Crippen molar-refractivity contribution in [1.82, 2.24) is 0 Å². The van der Waals surface area contributed by atoms with Crippen molar-refractivity contribution in [3.63, 3.8) is 0 Å². The van der Waals surface area contributed by atoms with Gasteiger partial charge < -0.3 is 0 Å². The summed E-state index contributed by atoms with van der Waals surface area (Å²) in [6.07, 6.45) is 18.7. The number of hydrogen-bond donors (Lipinski definition) is 0. The van der Waals surface area contributed by atoms with Crippen LogP contribution >= 0.6 is 0 Å². The van der Waals surface area contributed by atoms with E-state index in [1.807, 2.05) is 0 Å². The standard InChI is InChI=1S/C15H12.2C11H14.C11H10.2C10H12/c1-11-10-12-6-2-3-8-14(12)15-9-5-4-7-13(11)15;1-9-5-4-7-10-6-2-3-8-11(9)10;2*1-9-6-7-10-4-2-3-5-11(10)8-9;1-8-4-2-5-9-6-3-7-10(8)9;1-8-5-6-9-3-2-4-10(9)7-8/h2-10H,1H3;4-5,7H,2-3,6,8H2,1H3;6-8H,2-5H2,1H3;2-8H,1H3;2,4-5H,3,6-7H2,1H3;5-7H,2-4H2,1H3. The van der Waals surface area contributed by atoms with Gasteiger partial charge in [-0.1, -0.05) is 187 Å². The van der Waals surface area contributed by atoms with Gasteiger partial charge in [0.25, 0.3) is 0 Å². The Morgan fingerprint density at radius 2 is 0.662 bits per heavy atom. The summed E-state index contributed by atoms with van der Waals surface area (Å²) in [7, 11) is 0. The molecule has 0 fully saturated rings. The number of rotatable bonds is 0. The molecule has 0 unspecified atom stereocenters. The largest absolute Gasteiger partial charge is 0.0617 e. The minimum absolute atomic E-state index is 1.30. The summed E-state index contributed by atoms with van der Waals surface area (Å²) in [6.45, 7) is 13.1. The van der Waals surface area contributed by atoms with Gasteiger partial charge in [-0.05, 0) is 225 Å². The van der Waals surface area contributed by atoms with Crippen molar-refractivity contribution in [2.75, 3.05) is 0 Å². The Kier molecular flexibility index (Phi) is 16.8. The quantitative estimate of drug-likeness (QED) is 0.133. The average molecular weight is 891 g/mol. The van der Waals surface area contributed by atoms with E-state index in [4.69, 9.17) is 0 Å². The Balaban J connectivity index is 0.000000111. The first-order chi connectivity index (χ1) is 33.2. The maximum absolute atomic E-state index is 2.34. The predicted octanol–water partition coefficient (Wildman–Crippen LogP) is 18.2. The highest BCUT2D eigenvalue weighted by molar-refractivity contribution is 6.08. The van der Waals surface area contributed by atoms with E-state index in [1.165, 1.54) is 156 Å². The molecule has 68 heavy (non-hydrogen) atoms. The fraction of sp³-hybridized carbons (Fsp3) is 0.294. The molecular weight excluding hydrogens is 817 g/mol. The average Bonchev–Trinajstić information content (AvgIpc) is 4.06. The first kappa shape index (κ1) is 48.2. The Morgan fingerprint density at radius 1 is 0.235 bits per heavy atom. The molecule has 0 spiro atoms. The maximum Gasteiger partial charge on any atom is -0.0103 e. The van der Waals surface area contributed by atoms with Gasteiger partial charge in [0.1, 0.15) is 0 Å². The molecule has 9 aromatic carbocycles. The molecule has 0 N–H and O–H groups in total. The lowest BCUT2D eigenvalue weighted by molar-refractivity contribution is 0.682. The Bertz CT molecular complexity index is 3080. The summed E-state index contributed by atoms with van der Waals surface area (Å²) in [5, 5.41) is 8.03. The monoisotopic (exact) mass is 891 g/mol. The second kappa shape index (κ2) is 23.7. The zero-order valence-corrected chi connectivity index (χ0v) is 42.1. The van der Waals surface area contributed by atoms with E-state index in [0.29, 0.717) is 0 Å². The molecule has 0 heteroatoms. The number of aryl methyl sites for hydroxylation is 12. The normalized spacial score (nSPS) is 13.8. The molecular formula is C68H74. The van der Waals surface area contributed by atoms with Gasteiger partial charge in [0, 0.05) is 0 Å². The minimum Gasteiger partial charge on any atom is -0.0617 e. The first-order valence-electron chi connectivity index (χ1n) is 25.8. The summed E-state index contributed by atoms with van der Waals surface area (Å²) in [4.78, 5) is 0. The van der Waals surface area contributed by atoms with Crippen LogP contribution in [0, 0.1) is 41.5 Å². The smallest absolute Gasteiger partial charge is 0.0103 e. The highest BCUT2D eigenvalue weighted by atomic mass is 14.2. The van der Waals surface area contributed by atoms with Crippen molar-refractivity contribution in [2.24, 2.45) is 0 Å². The lowest BCUT2D eigenvalue weighted by atomic mass is 9.89. The number of hydrogen-bond acceptors (Lipinski definition) is 0. The fourth-order valence-corrected chi connectivity index (χ4v) is 10.9. The second-order valence-electron chi connectivity index (χ2n) is 19.9. The van der Waals surface area contributed by atoms with E-state index in [-0.39, 0.29) is 0 Å². The second-order valence-corrected chi connectivity index (χ2v) is 19.9. The summed E-state index contributed by atoms with van der Waals surface area (Å²) in [5.41, 5.74) is 21.2. The topological polar surface area (TPSA) is 0 Å². The summed E-state index contributed by atoms with van der Waals surface area (Å²) < 4.78 is 0. The molecule has 0 atom stereocenters. The Labute approximate surface area is 409 Å². The molecule has 0 aromatic heterocycles. The van der Waals surface area contributed by atoms with Crippen LogP contribution in [0.15, 0.2) is 170 Å². The van der Waals surface area contributed by atoms with E-state index in [9.17, 15) is 0 Å². The lowest BCUT2D eigenvalue weighted by Crippen LogP contribution is -2.03. The van der Waals surface area contributed by atoms with Crippen molar-refractivity contribution in [1.29, 1.82) is 0 Å². The van der Waals surface area contributed by atoms with Gasteiger partial charge in [-0.2, -0.15) is 0 Å². The van der Waals surface area contributed by atoms with Crippen LogP contribution in [-0.2, 0) is 51.4 Å². The van der Waals surface area contributed by atoms with Gasteiger partial charge >= 0.3 is 0 Å². The third-order valence-corrected chi connectivity index (χ3v) is 14.6. The molecule has 13 rings (SSSR count). The zero-order chi connectivity index (χ0) is 47.2. The highest BCUT2D eigenvalue weighted by Gasteiger charge is 2.12. The molecule has 0 saturated heterocycles. The van der Waals surface area contributed by atoms with Crippen LogP contribution in [0.5, 0.6) is 0 Å². The molecule has 4 aliphatic carbocycles. The van der Waals surface area contributed by atoms with Crippen molar-refractivity contribution in [3.05, 3.63) is 248 Å². The van der Waals surface area contributed by atoms with E-state index < -0.39 is 0 Å². The van der Waals surface area contributed by atoms with Crippen LogP contribution in [0.4, 0.5) is 0 Å². The molecule has 0 heterocycles. The Morgan fingerprint density at radius 3 is 1.29 bits per heavy atom. The van der Waals surface area contributed by atoms with Crippen LogP contribution < -0.4 is 0 Å². The van der Waals surface area contributed by atoms with Crippen LogP contribution in [0.3, 0.4) is 0 Å². The first-order valence-corrected chi connectivity index (χ1v) is 25.8. The van der Waals surface area contributed by atoms with E-state index in [0.717, 1.165) is 0 Å². The molecule has 0 saturated carbocycles. The van der Waals surface area contributed by atoms with Crippen molar-refractivity contribution in [3.8, 4) is 0 Å².